The normalized spacial score (nSPS) is 22.1. The minimum absolute atomic E-state index is 0.439. The number of piperidine rings is 1. The summed E-state index contributed by atoms with van der Waals surface area (Å²) in [7, 11) is 2.70. The Morgan fingerprint density at radius 3 is 2.60 bits per heavy atom. The third kappa shape index (κ3) is 2.43. The number of isothiocyanates is 1. The Bertz CT molecular complexity index is 148. The van der Waals surface area contributed by atoms with E-state index in [1.165, 1.54) is 0 Å². The van der Waals surface area contributed by atoms with Crippen LogP contribution in [0.2, 0.25) is 0 Å². The number of aliphatic imine (C=N–C) groups is 1. The molecule has 1 saturated heterocycles. The summed E-state index contributed by atoms with van der Waals surface area (Å²) in [6.07, 6.45) is 2.24. The van der Waals surface area contributed by atoms with Crippen LogP contribution < -0.4 is 0 Å². The summed E-state index contributed by atoms with van der Waals surface area (Å²) >= 11 is 4.53. The van der Waals surface area contributed by atoms with E-state index in [2.05, 4.69) is 36.4 Å². The van der Waals surface area contributed by atoms with Crippen molar-refractivity contribution in [1.82, 2.24) is 4.67 Å². The molecule has 0 saturated carbocycles. The zero-order valence-electron chi connectivity index (χ0n) is 5.79. The Balaban J connectivity index is 2.32. The monoisotopic (exact) mass is 174 g/mol. The van der Waals surface area contributed by atoms with Gasteiger partial charge in [0.05, 0.1) is 11.2 Å². The zero-order chi connectivity index (χ0) is 7.40. The van der Waals surface area contributed by atoms with Gasteiger partial charge in [0.25, 0.3) is 0 Å². The van der Waals surface area contributed by atoms with E-state index in [0.717, 1.165) is 25.9 Å². The lowest BCUT2D eigenvalue weighted by atomic mass is 10.1. The molecule has 1 unspecified atom stereocenters. The van der Waals surface area contributed by atoms with Crippen molar-refractivity contribution in [3.8, 4) is 0 Å². The van der Waals surface area contributed by atoms with Gasteiger partial charge in [0.2, 0.25) is 0 Å². The van der Waals surface area contributed by atoms with Gasteiger partial charge in [0, 0.05) is 13.1 Å². The highest BCUT2D eigenvalue weighted by Gasteiger charge is 2.14. The van der Waals surface area contributed by atoms with E-state index in [1.807, 2.05) is 0 Å². The molecule has 2 nitrogen and oxygen atoms in total. The van der Waals surface area contributed by atoms with Crippen molar-refractivity contribution >= 4 is 26.8 Å². The molecule has 0 spiro atoms. The Morgan fingerprint density at radius 1 is 1.50 bits per heavy atom. The van der Waals surface area contributed by atoms with Gasteiger partial charge in [-0.2, -0.15) is 0 Å². The molecule has 0 aromatic carbocycles. The summed E-state index contributed by atoms with van der Waals surface area (Å²) < 4.78 is 2.23. The minimum atomic E-state index is 0.439. The van der Waals surface area contributed by atoms with Crippen molar-refractivity contribution in [3.63, 3.8) is 0 Å². The molecule has 0 aliphatic carbocycles. The van der Waals surface area contributed by atoms with Crippen LogP contribution in [0.1, 0.15) is 12.8 Å². The predicted molar refractivity (Wildman–Crippen MR) is 49.3 cm³/mol. The third-order valence-corrected chi connectivity index (χ3v) is 2.36. The molecule has 0 aromatic heterocycles. The smallest absolute Gasteiger partial charge is 0.0627 e. The number of nitrogens with zero attached hydrogens (tertiary/aromatic N) is 2. The molecule has 0 amide bonds. The molecule has 1 atom stereocenters. The average molecular weight is 174 g/mol. The molecule has 1 heterocycles. The first-order valence-corrected chi connectivity index (χ1v) is 4.32. The van der Waals surface area contributed by atoms with Crippen molar-refractivity contribution in [2.75, 3.05) is 13.1 Å². The highest BCUT2D eigenvalue weighted by Crippen LogP contribution is 2.15. The highest BCUT2D eigenvalue weighted by atomic mass is 32.1. The van der Waals surface area contributed by atoms with Crippen LogP contribution in [0.15, 0.2) is 4.99 Å². The van der Waals surface area contributed by atoms with Crippen LogP contribution in [0.3, 0.4) is 0 Å². The predicted octanol–water partition coefficient (Wildman–Crippen LogP) is 1.34. The summed E-state index contributed by atoms with van der Waals surface area (Å²) in [5.41, 5.74) is 0. The lowest BCUT2D eigenvalue weighted by molar-refractivity contribution is 0.347. The van der Waals surface area contributed by atoms with Crippen LogP contribution in [0, 0.1) is 0 Å². The van der Waals surface area contributed by atoms with Gasteiger partial charge in [-0.3, -0.25) is 4.67 Å². The maximum atomic E-state index is 4.53. The summed E-state index contributed by atoms with van der Waals surface area (Å²) in [6.45, 7) is 2.21. The Labute approximate surface area is 69.0 Å². The number of hydrogen-bond donors (Lipinski definition) is 0. The largest absolute Gasteiger partial charge is 0.287 e. The van der Waals surface area contributed by atoms with Gasteiger partial charge in [0.1, 0.15) is 0 Å². The summed E-state index contributed by atoms with van der Waals surface area (Å²) in [4.78, 5) is 4.05. The summed E-state index contributed by atoms with van der Waals surface area (Å²) in [6, 6.07) is 0.439. The minimum Gasteiger partial charge on any atom is -0.287 e. The Kier molecular flexibility index (Phi) is 3.44. The van der Waals surface area contributed by atoms with Gasteiger partial charge in [-0.15, -0.1) is 0 Å². The molecule has 0 bridgehead atoms. The maximum absolute atomic E-state index is 4.53. The molecule has 4 heteroatoms. The fourth-order valence-electron chi connectivity index (χ4n) is 1.09. The molecule has 56 valence electrons. The lowest BCUT2D eigenvalue weighted by Gasteiger charge is -2.25. The van der Waals surface area contributed by atoms with Gasteiger partial charge < -0.3 is 0 Å². The van der Waals surface area contributed by atoms with E-state index in [1.54, 1.807) is 0 Å². The number of rotatable bonds is 1. The van der Waals surface area contributed by atoms with E-state index >= 15 is 0 Å². The van der Waals surface area contributed by atoms with Crippen LogP contribution in [-0.4, -0.2) is 29.0 Å². The molecule has 0 N–H and O–H groups in total. The van der Waals surface area contributed by atoms with Crippen LogP contribution in [0.5, 0.6) is 0 Å². The lowest BCUT2D eigenvalue weighted by Crippen LogP contribution is -2.27. The Hall–Kier alpha value is 0.190. The number of thiocarbonyl (C=S) groups is 1. The molecule has 1 aliphatic rings. The van der Waals surface area contributed by atoms with Crippen molar-refractivity contribution < 1.29 is 0 Å². The van der Waals surface area contributed by atoms with Crippen molar-refractivity contribution in [1.29, 1.82) is 0 Å². The standard InChI is InChI=1S/C6H11N2PS/c9-8-3-1-6(2-4-8)7-5-10/h6H,1-4,9H2. The molecule has 0 aromatic rings. The van der Waals surface area contributed by atoms with E-state index in [0.29, 0.717) is 6.04 Å². The topological polar surface area (TPSA) is 15.6 Å². The average Bonchev–Trinajstić information content (AvgIpc) is 1.95. The first kappa shape index (κ1) is 8.29. The van der Waals surface area contributed by atoms with E-state index in [4.69, 9.17) is 0 Å². The van der Waals surface area contributed by atoms with Crippen LogP contribution in [-0.2, 0) is 0 Å². The molecule has 10 heavy (non-hydrogen) atoms. The van der Waals surface area contributed by atoms with E-state index in [-0.39, 0.29) is 0 Å². The highest BCUT2D eigenvalue weighted by molar-refractivity contribution is 7.78. The second-order valence-electron chi connectivity index (χ2n) is 2.49. The molecule has 0 radical (unpaired) electrons. The summed E-state index contributed by atoms with van der Waals surface area (Å²) in [5, 5.41) is 2.44. The molecule has 1 rings (SSSR count). The second kappa shape index (κ2) is 4.15. The van der Waals surface area contributed by atoms with E-state index < -0.39 is 0 Å². The van der Waals surface area contributed by atoms with Crippen molar-refractivity contribution in [3.05, 3.63) is 0 Å². The SMILES string of the molecule is PN1CCC(N=C=S)CC1. The zero-order valence-corrected chi connectivity index (χ0v) is 7.76. The van der Waals surface area contributed by atoms with Crippen molar-refractivity contribution in [2.45, 2.75) is 18.9 Å². The quantitative estimate of drug-likeness (QED) is 0.339. The van der Waals surface area contributed by atoms with E-state index in [9.17, 15) is 0 Å². The fraction of sp³-hybridized carbons (Fsp3) is 0.833. The molecule has 1 fully saturated rings. The fourth-order valence-corrected chi connectivity index (χ4v) is 1.54. The second-order valence-corrected chi connectivity index (χ2v) is 3.40. The first-order chi connectivity index (χ1) is 4.83. The summed E-state index contributed by atoms with van der Waals surface area (Å²) in [5.74, 6) is 0. The Morgan fingerprint density at radius 2 is 2.10 bits per heavy atom. The van der Waals surface area contributed by atoms with Crippen molar-refractivity contribution in [2.24, 2.45) is 4.99 Å². The van der Waals surface area contributed by atoms with Gasteiger partial charge in [0.15, 0.2) is 0 Å². The van der Waals surface area contributed by atoms with Gasteiger partial charge in [-0.25, -0.2) is 4.99 Å². The maximum Gasteiger partial charge on any atom is 0.0627 e. The first-order valence-electron chi connectivity index (χ1n) is 3.39. The number of hydrogen-bond acceptors (Lipinski definition) is 3. The van der Waals surface area contributed by atoms with Crippen LogP contribution in [0.25, 0.3) is 0 Å². The third-order valence-electron chi connectivity index (χ3n) is 1.73. The van der Waals surface area contributed by atoms with Crippen LogP contribution in [0.4, 0.5) is 0 Å². The molecule has 1 aliphatic heterocycles. The van der Waals surface area contributed by atoms with Gasteiger partial charge in [-0.1, -0.05) is 9.39 Å². The van der Waals surface area contributed by atoms with Gasteiger partial charge in [-0.05, 0) is 25.1 Å². The van der Waals surface area contributed by atoms with Crippen LogP contribution >= 0.6 is 21.6 Å². The molecular weight excluding hydrogens is 163 g/mol. The molecular formula is C6H11N2PS. The van der Waals surface area contributed by atoms with Gasteiger partial charge >= 0.3 is 0 Å².